The van der Waals surface area contributed by atoms with Crippen molar-refractivity contribution in [2.45, 2.75) is 26.3 Å². The molecule has 0 amide bonds. The van der Waals surface area contributed by atoms with E-state index in [0.29, 0.717) is 0 Å². The fraction of sp³-hybridized carbons (Fsp3) is 0.294. The quantitative estimate of drug-likeness (QED) is 0.648. The second-order valence-corrected chi connectivity index (χ2v) is 5.15. The molecule has 0 saturated heterocycles. The highest BCUT2D eigenvalue weighted by Gasteiger charge is 2.13. The van der Waals surface area contributed by atoms with Gasteiger partial charge in [-0.05, 0) is 37.5 Å². The van der Waals surface area contributed by atoms with E-state index in [1.807, 2.05) is 6.07 Å². The van der Waals surface area contributed by atoms with E-state index in [1.165, 1.54) is 16.7 Å². The number of hydrogen-bond donors (Lipinski definition) is 2. The van der Waals surface area contributed by atoms with Crippen LogP contribution in [0.3, 0.4) is 0 Å². The Morgan fingerprint density at radius 2 is 1.70 bits per heavy atom. The van der Waals surface area contributed by atoms with Crippen molar-refractivity contribution in [2.75, 3.05) is 7.11 Å². The Kier molecular flexibility index (Phi) is 4.77. The standard InChI is InChI=1S/C17H22N2O/c1-12-4-7-14(8-5-12)16(19-18)11-15-10-13(2)6-9-17(15)20-3/h4-10,16,19H,11,18H2,1-3H3. The normalized spacial score (nSPS) is 12.2. The molecule has 3 nitrogen and oxygen atoms in total. The van der Waals surface area contributed by atoms with E-state index in [-0.39, 0.29) is 6.04 Å². The SMILES string of the molecule is COc1ccc(C)cc1CC(NN)c1ccc(C)cc1. The molecule has 2 aromatic carbocycles. The molecule has 0 aliphatic rings. The maximum Gasteiger partial charge on any atom is 0.122 e. The van der Waals surface area contributed by atoms with Crippen molar-refractivity contribution in [3.63, 3.8) is 0 Å². The molecular weight excluding hydrogens is 248 g/mol. The Bertz CT molecular complexity index is 564. The highest BCUT2D eigenvalue weighted by molar-refractivity contribution is 5.38. The van der Waals surface area contributed by atoms with Gasteiger partial charge in [-0.15, -0.1) is 0 Å². The Balaban J connectivity index is 2.26. The summed E-state index contributed by atoms with van der Waals surface area (Å²) in [6.07, 6.45) is 0.796. The van der Waals surface area contributed by atoms with Crippen LogP contribution >= 0.6 is 0 Å². The van der Waals surface area contributed by atoms with Gasteiger partial charge in [0.15, 0.2) is 0 Å². The van der Waals surface area contributed by atoms with Gasteiger partial charge in [-0.2, -0.15) is 0 Å². The average molecular weight is 270 g/mol. The van der Waals surface area contributed by atoms with Gasteiger partial charge in [0.25, 0.3) is 0 Å². The predicted molar refractivity (Wildman–Crippen MR) is 82.7 cm³/mol. The van der Waals surface area contributed by atoms with E-state index in [1.54, 1.807) is 7.11 Å². The van der Waals surface area contributed by atoms with Crippen molar-refractivity contribution >= 4 is 0 Å². The number of nitrogens with one attached hydrogen (secondary N) is 1. The summed E-state index contributed by atoms with van der Waals surface area (Å²) in [6, 6.07) is 14.7. The Morgan fingerprint density at radius 3 is 2.30 bits per heavy atom. The van der Waals surface area contributed by atoms with Gasteiger partial charge in [0.2, 0.25) is 0 Å². The largest absolute Gasteiger partial charge is 0.496 e. The van der Waals surface area contributed by atoms with Crippen LogP contribution < -0.4 is 16.0 Å². The molecule has 1 atom stereocenters. The number of benzene rings is 2. The maximum atomic E-state index is 5.73. The number of methoxy groups -OCH3 is 1. The number of aryl methyl sites for hydroxylation is 2. The third-order valence-corrected chi connectivity index (χ3v) is 3.54. The molecule has 1 unspecified atom stereocenters. The maximum absolute atomic E-state index is 5.73. The monoisotopic (exact) mass is 270 g/mol. The molecule has 2 rings (SSSR count). The van der Waals surface area contributed by atoms with Gasteiger partial charge in [-0.25, -0.2) is 0 Å². The van der Waals surface area contributed by atoms with Crippen molar-refractivity contribution < 1.29 is 4.74 Å². The minimum Gasteiger partial charge on any atom is -0.496 e. The van der Waals surface area contributed by atoms with E-state index in [9.17, 15) is 0 Å². The zero-order valence-corrected chi connectivity index (χ0v) is 12.3. The zero-order valence-electron chi connectivity index (χ0n) is 12.3. The minimum atomic E-state index is 0.0753. The molecule has 0 aliphatic heterocycles. The molecule has 0 radical (unpaired) electrons. The first-order valence-corrected chi connectivity index (χ1v) is 6.80. The van der Waals surface area contributed by atoms with Crippen LogP contribution in [-0.2, 0) is 6.42 Å². The lowest BCUT2D eigenvalue weighted by atomic mass is 9.97. The third kappa shape index (κ3) is 3.38. The summed E-state index contributed by atoms with van der Waals surface area (Å²) in [5, 5.41) is 0. The molecule has 3 heteroatoms. The number of nitrogens with two attached hydrogens (primary N) is 1. The third-order valence-electron chi connectivity index (χ3n) is 3.54. The molecule has 0 aromatic heterocycles. The lowest BCUT2D eigenvalue weighted by Gasteiger charge is -2.18. The number of rotatable bonds is 5. The van der Waals surface area contributed by atoms with Crippen LogP contribution in [0.25, 0.3) is 0 Å². The summed E-state index contributed by atoms with van der Waals surface area (Å²) in [7, 11) is 1.70. The number of ether oxygens (including phenoxy) is 1. The second-order valence-electron chi connectivity index (χ2n) is 5.15. The smallest absolute Gasteiger partial charge is 0.122 e. The van der Waals surface area contributed by atoms with Gasteiger partial charge in [0, 0.05) is 0 Å². The molecular formula is C17H22N2O. The van der Waals surface area contributed by atoms with E-state index in [0.717, 1.165) is 17.7 Å². The summed E-state index contributed by atoms with van der Waals surface area (Å²) >= 11 is 0. The van der Waals surface area contributed by atoms with E-state index in [2.05, 4.69) is 55.7 Å². The van der Waals surface area contributed by atoms with E-state index < -0.39 is 0 Å². The zero-order chi connectivity index (χ0) is 14.5. The van der Waals surface area contributed by atoms with Crippen LogP contribution in [0.1, 0.15) is 28.3 Å². The first-order chi connectivity index (χ1) is 9.63. The van der Waals surface area contributed by atoms with Gasteiger partial charge in [0.05, 0.1) is 13.2 Å². The fourth-order valence-electron chi connectivity index (χ4n) is 2.36. The summed E-state index contributed by atoms with van der Waals surface area (Å²) in [6.45, 7) is 4.16. The molecule has 0 heterocycles. The summed E-state index contributed by atoms with van der Waals surface area (Å²) in [5.41, 5.74) is 7.72. The average Bonchev–Trinajstić information content (AvgIpc) is 2.46. The predicted octanol–water partition coefficient (Wildman–Crippen LogP) is 3.06. The molecule has 2 aromatic rings. The molecule has 0 fully saturated rings. The van der Waals surface area contributed by atoms with E-state index in [4.69, 9.17) is 10.6 Å². The summed E-state index contributed by atoms with van der Waals surface area (Å²) in [5.74, 6) is 6.63. The van der Waals surface area contributed by atoms with Crippen molar-refractivity contribution in [1.82, 2.24) is 5.43 Å². The van der Waals surface area contributed by atoms with Crippen molar-refractivity contribution in [3.05, 3.63) is 64.7 Å². The molecule has 20 heavy (non-hydrogen) atoms. The van der Waals surface area contributed by atoms with Crippen molar-refractivity contribution in [3.8, 4) is 5.75 Å². The Hall–Kier alpha value is -1.84. The Labute approximate surface area is 120 Å². The Morgan fingerprint density at radius 1 is 1.05 bits per heavy atom. The lowest BCUT2D eigenvalue weighted by Crippen LogP contribution is -2.29. The van der Waals surface area contributed by atoms with Crippen LogP contribution in [0.2, 0.25) is 0 Å². The first-order valence-electron chi connectivity index (χ1n) is 6.80. The van der Waals surface area contributed by atoms with E-state index >= 15 is 0 Å². The van der Waals surface area contributed by atoms with Crippen LogP contribution in [0.5, 0.6) is 5.75 Å². The highest BCUT2D eigenvalue weighted by atomic mass is 16.5. The molecule has 0 aliphatic carbocycles. The van der Waals surface area contributed by atoms with Crippen LogP contribution in [-0.4, -0.2) is 7.11 Å². The topological polar surface area (TPSA) is 47.3 Å². The fourth-order valence-corrected chi connectivity index (χ4v) is 2.36. The van der Waals surface area contributed by atoms with Crippen LogP contribution in [0, 0.1) is 13.8 Å². The second kappa shape index (κ2) is 6.55. The van der Waals surface area contributed by atoms with Gasteiger partial charge in [0.1, 0.15) is 5.75 Å². The molecule has 106 valence electrons. The van der Waals surface area contributed by atoms with Gasteiger partial charge in [-0.1, -0.05) is 47.5 Å². The summed E-state index contributed by atoms with van der Waals surface area (Å²) < 4.78 is 5.43. The lowest BCUT2D eigenvalue weighted by molar-refractivity contribution is 0.405. The van der Waals surface area contributed by atoms with Gasteiger partial charge >= 0.3 is 0 Å². The molecule has 0 saturated carbocycles. The van der Waals surface area contributed by atoms with Gasteiger partial charge < -0.3 is 4.74 Å². The highest BCUT2D eigenvalue weighted by Crippen LogP contribution is 2.26. The van der Waals surface area contributed by atoms with Gasteiger partial charge in [-0.3, -0.25) is 11.3 Å². The first kappa shape index (κ1) is 14.6. The molecule has 0 spiro atoms. The van der Waals surface area contributed by atoms with Crippen LogP contribution in [0.4, 0.5) is 0 Å². The minimum absolute atomic E-state index is 0.0753. The van der Waals surface area contributed by atoms with Crippen molar-refractivity contribution in [2.24, 2.45) is 5.84 Å². The van der Waals surface area contributed by atoms with Crippen LogP contribution in [0.15, 0.2) is 42.5 Å². The molecule has 0 bridgehead atoms. The van der Waals surface area contributed by atoms with Crippen molar-refractivity contribution in [1.29, 1.82) is 0 Å². The summed E-state index contributed by atoms with van der Waals surface area (Å²) in [4.78, 5) is 0. The number of hydrogen-bond acceptors (Lipinski definition) is 3. The number of hydrazine groups is 1. The molecule has 3 N–H and O–H groups in total.